The summed E-state index contributed by atoms with van der Waals surface area (Å²) in [5.74, 6) is 0. The highest BCUT2D eigenvalue weighted by Crippen LogP contribution is 2.25. The molecule has 2 rings (SSSR count). The average Bonchev–Trinajstić information content (AvgIpc) is 2.83. The Hall–Kier alpha value is -1.55. The molecule has 1 heterocycles. The highest BCUT2D eigenvalue weighted by Gasteiger charge is 2.32. The van der Waals surface area contributed by atoms with Crippen molar-refractivity contribution in [3.63, 3.8) is 0 Å². The molecule has 1 aliphatic heterocycles. The van der Waals surface area contributed by atoms with Gasteiger partial charge >= 0.3 is 6.03 Å². The first-order valence-corrected chi connectivity index (χ1v) is 7.88. The second kappa shape index (κ2) is 7.46. The van der Waals surface area contributed by atoms with Crippen LogP contribution in [0.5, 0.6) is 0 Å². The smallest absolute Gasteiger partial charge is 0.318 e. The maximum absolute atomic E-state index is 12.6. The number of likely N-dealkylation sites (tertiary alicyclic amines) is 1. The first-order chi connectivity index (χ1) is 10.1. The number of nitrogens with one attached hydrogen (secondary N) is 1. The number of aliphatic hydroxyl groups excluding tert-OH is 1. The Morgan fingerprint density at radius 3 is 2.48 bits per heavy atom. The maximum Gasteiger partial charge on any atom is 0.318 e. The molecule has 0 bridgehead atoms. The van der Waals surface area contributed by atoms with Crippen LogP contribution in [-0.2, 0) is 0 Å². The molecule has 4 heteroatoms. The molecule has 2 N–H and O–H groups in total. The van der Waals surface area contributed by atoms with E-state index in [1.54, 1.807) is 0 Å². The van der Waals surface area contributed by atoms with Crippen molar-refractivity contribution in [1.29, 1.82) is 0 Å². The van der Waals surface area contributed by atoms with Gasteiger partial charge < -0.3 is 15.3 Å². The predicted octanol–water partition coefficient (Wildman–Crippen LogP) is 3.08. The van der Waals surface area contributed by atoms with Gasteiger partial charge in [0.2, 0.25) is 0 Å². The Morgan fingerprint density at radius 2 is 1.90 bits per heavy atom. The van der Waals surface area contributed by atoms with E-state index in [4.69, 9.17) is 5.11 Å². The van der Waals surface area contributed by atoms with Crippen LogP contribution in [-0.4, -0.2) is 34.7 Å². The van der Waals surface area contributed by atoms with Crippen LogP contribution >= 0.6 is 0 Å². The lowest BCUT2D eigenvalue weighted by atomic mass is 10.0. The molecule has 21 heavy (non-hydrogen) atoms. The average molecular weight is 290 g/mol. The monoisotopic (exact) mass is 290 g/mol. The summed E-state index contributed by atoms with van der Waals surface area (Å²) in [5, 5.41) is 12.2. The van der Waals surface area contributed by atoms with Crippen molar-refractivity contribution in [3.05, 3.63) is 35.9 Å². The van der Waals surface area contributed by atoms with Gasteiger partial charge in [-0.1, -0.05) is 30.3 Å². The van der Waals surface area contributed by atoms with E-state index in [0.717, 1.165) is 24.8 Å². The standard InChI is InChI=1S/C17H26N2O2/c1-13-10-11-14(2)19(13)17(21)18-16(9-6-12-20)15-7-4-3-5-8-15/h3-5,7-8,13-14,16,20H,6,9-12H2,1-2H3,(H,18,21). The molecule has 1 fully saturated rings. The van der Waals surface area contributed by atoms with Crippen LogP contribution < -0.4 is 5.32 Å². The van der Waals surface area contributed by atoms with Gasteiger partial charge in [0, 0.05) is 18.7 Å². The molecule has 0 saturated carbocycles. The molecule has 1 aliphatic rings. The zero-order chi connectivity index (χ0) is 15.2. The third-order valence-corrected chi connectivity index (χ3v) is 4.34. The molecule has 1 aromatic carbocycles. The Balaban J connectivity index is 2.06. The quantitative estimate of drug-likeness (QED) is 0.875. The summed E-state index contributed by atoms with van der Waals surface area (Å²) in [6.45, 7) is 4.36. The summed E-state index contributed by atoms with van der Waals surface area (Å²) in [6.07, 6.45) is 3.58. The molecule has 1 aromatic rings. The summed E-state index contributed by atoms with van der Waals surface area (Å²) in [7, 11) is 0. The minimum absolute atomic E-state index is 0.0132. The highest BCUT2D eigenvalue weighted by molar-refractivity contribution is 5.75. The molecule has 3 unspecified atom stereocenters. The predicted molar refractivity (Wildman–Crippen MR) is 84.0 cm³/mol. The summed E-state index contributed by atoms with van der Waals surface area (Å²) < 4.78 is 0. The van der Waals surface area contributed by atoms with E-state index < -0.39 is 0 Å². The normalized spacial score (nSPS) is 23.1. The number of nitrogens with zero attached hydrogens (tertiary/aromatic N) is 1. The maximum atomic E-state index is 12.6. The fourth-order valence-electron chi connectivity index (χ4n) is 3.12. The van der Waals surface area contributed by atoms with Crippen molar-refractivity contribution in [1.82, 2.24) is 10.2 Å². The molecule has 0 aromatic heterocycles. The van der Waals surface area contributed by atoms with Gasteiger partial charge in [-0.3, -0.25) is 0 Å². The molecule has 116 valence electrons. The molecule has 0 radical (unpaired) electrons. The Morgan fingerprint density at radius 1 is 1.29 bits per heavy atom. The third-order valence-electron chi connectivity index (χ3n) is 4.34. The first kappa shape index (κ1) is 15.8. The van der Waals surface area contributed by atoms with Gasteiger partial charge in [0.25, 0.3) is 0 Å². The van der Waals surface area contributed by atoms with Crippen LogP contribution in [0.4, 0.5) is 4.79 Å². The zero-order valence-electron chi connectivity index (χ0n) is 13.0. The van der Waals surface area contributed by atoms with Gasteiger partial charge in [0.15, 0.2) is 0 Å². The molecule has 0 aliphatic carbocycles. The number of urea groups is 1. The van der Waals surface area contributed by atoms with E-state index in [9.17, 15) is 4.79 Å². The molecule has 1 saturated heterocycles. The zero-order valence-corrected chi connectivity index (χ0v) is 13.0. The summed E-state index contributed by atoms with van der Waals surface area (Å²) in [6, 6.07) is 10.6. The van der Waals surface area contributed by atoms with Crippen LogP contribution in [0.3, 0.4) is 0 Å². The van der Waals surface area contributed by atoms with Crippen molar-refractivity contribution < 1.29 is 9.90 Å². The molecular formula is C17H26N2O2. The molecule has 2 amide bonds. The minimum Gasteiger partial charge on any atom is -0.396 e. The van der Waals surface area contributed by atoms with Crippen LogP contribution in [0.25, 0.3) is 0 Å². The van der Waals surface area contributed by atoms with Crippen molar-refractivity contribution in [2.45, 2.75) is 57.7 Å². The number of carbonyl (C=O) groups excluding carboxylic acids is 1. The van der Waals surface area contributed by atoms with Gasteiger partial charge in [-0.05, 0) is 45.1 Å². The molecule has 0 spiro atoms. The van der Waals surface area contributed by atoms with E-state index in [0.29, 0.717) is 18.5 Å². The van der Waals surface area contributed by atoms with Gasteiger partial charge in [-0.15, -0.1) is 0 Å². The lowest BCUT2D eigenvalue weighted by Crippen LogP contribution is -2.46. The lowest BCUT2D eigenvalue weighted by molar-refractivity contribution is 0.174. The van der Waals surface area contributed by atoms with E-state index in [2.05, 4.69) is 19.2 Å². The topological polar surface area (TPSA) is 52.6 Å². The van der Waals surface area contributed by atoms with Crippen molar-refractivity contribution in [2.75, 3.05) is 6.61 Å². The SMILES string of the molecule is CC1CCC(C)N1C(=O)NC(CCCO)c1ccccc1. The van der Waals surface area contributed by atoms with Crippen molar-refractivity contribution >= 4 is 6.03 Å². The second-order valence-corrected chi connectivity index (χ2v) is 5.96. The van der Waals surface area contributed by atoms with Crippen LogP contribution in [0.15, 0.2) is 30.3 Å². The van der Waals surface area contributed by atoms with E-state index in [-0.39, 0.29) is 18.7 Å². The number of rotatable bonds is 5. The van der Waals surface area contributed by atoms with E-state index in [1.807, 2.05) is 35.2 Å². The van der Waals surface area contributed by atoms with Gasteiger partial charge in [-0.25, -0.2) is 4.79 Å². The number of carbonyl (C=O) groups is 1. The lowest BCUT2D eigenvalue weighted by Gasteiger charge is -2.29. The summed E-state index contributed by atoms with van der Waals surface area (Å²) in [4.78, 5) is 14.5. The fraction of sp³-hybridized carbons (Fsp3) is 0.588. The number of amides is 2. The molecular weight excluding hydrogens is 264 g/mol. The summed E-state index contributed by atoms with van der Waals surface area (Å²) in [5.41, 5.74) is 1.10. The molecule has 3 atom stereocenters. The second-order valence-electron chi connectivity index (χ2n) is 5.96. The third kappa shape index (κ3) is 3.97. The number of aliphatic hydroxyl groups is 1. The Labute approximate surface area is 127 Å². The van der Waals surface area contributed by atoms with E-state index >= 15 is 0 Å². The van der Waals surface area contributed by atoms with Gasteiger partial charge in [0.1, 0.15) is 0 Å². The van der Waals surface area contributed by atoms with Gasteiger partial charge in [-0.2, -0.15) is 0 Å². The Bertz CT molecular complexity index is 439. The van der Waals surface area contributed by atoms with Crippen LogP contribution in [0, 0.1) is 0 Å². The first-order valence-electron chi connectivity index (χ1n) is 7.88. The minimum atomic E-state index is -0.0363. The fourth-order valence-corrected chi connectivity index (χ4v) is 3.12. The van der Waals surface area contributed by atoms with Crippen molar-refractivity contribution in [2.24, 2.45) is 0 Å². The highest BCUT2D eigenvalue weighted by atomic mass is 16.3. The number of benzene rings is 1. The Kier molecular flexibility index (Phi) is 5.62. The largest absolute Gasteiger partial charge is 0.396 e. The number of hydrogen-bond donors (Lipinski definition) is 2. The van der Waals surface area contributed by atoms with Gasteiger partial charge in [0.05, 0.1) is 6.04 Å². The van der Waals surface area contributed by atoms with Crippen LogP contribution in [0.2, 0.25) is 0 Å². The summed E-state index contributed by atoms with van der Waals surface area (Å²) >= 11 is 0. The van der Waals surface area contributed by atoms with Crippen molar-refractivity contribution in [3.8, 4) is 0 Å². The molecule has 4 nitrogen and oxygen atoms in total. The van der Waals surface area contributed by atoms with Crippen LogP contribution in [0.1, 0.15) is 51.1 Å². The number of hydrogen-bond acceptors (Lipinski definition) is 2. The van der Waals surface area contributed by atoms with E-state index in [1.165, 1.54) is 0 Å².